The Kier molecular flexibility index (Phi) is 5.81. The number of carbonyl (C=O) groups is 1. The van der Waals surface area contributed by atoms with Gasteiger partial charge in [-0.15, -0.1) is 0 Å². The minimum atomic E-state index is -0.298. The molecule has 4 aromatic carbocycles. The Morgan fingerprint density at radius 3 is 2.55 bits per heavy atom. The largest absolute Gasteiger partial charge is 0.436 e. The second kappa shape index (κ2) is 8.91. The van der Waals surface area contributed by atoms with Crippen LogP contribution in [0.5, 0.6) is 0 Å². The summed E-state index contributed by atoms with van der Waals surface area (Å²) in [4.78, 5) is 17.0. The molecule has 7 heteroatoms. The van der Waals surface area contributed by atoms with Gasteiger partial charge in [-0.2, -0.15) is 0 Å². The molecule has 0 saturated heterocycles. The number of anilines is 1. The molecule has 5 rings (SSSR count). The molecular formula is C26H15Cl3N2O2. The highest BCUT2D eigenvalue weighted by Crippen LogP contribution is 2.34. The predicted molar refractivity (Wildman–Crippen MR) is 136 cm³/mol. The summed E-state index contributed by atoms with van der Waals surface area (Å²) in [6, 6.07) is 21.9. The lowest BCUT2D eigenvalue weighted by molar-refractivity contribution is -0.111. The fourth-order valence-electron chi connectivity index (χ4n) is 3.56. The van der Waals surface area contributed by atoms with Crippen molar-refractivity contribution >= 4 is 74.3 Å². The van der Waals surface area contributed by atoms with E-state index in [0.29, 0.717) is 43.3 Å². The molecule has 0 aliphatic rings. The van der Waals surface area contributed by atoms with Gasteiger partial charge < -0.3 is 9.73 Å². The smallest absolute Gasteiger partial charge is 0.248 e. The van der Waals surface area contributed by atoms with Crippen LogP contribution in [0.2, 0.25) is 15.1 Å². The molecule has 1 N–H and O–H groups in total. The summed E-state index contributed by atoms with van der Waals surface area (Å²) in [7, 11) is 0. The summed E-state index contributed by atoms with van der Waals surface area (Å²) >= 11 is 18.4. The van der Waals surface area contributed by atoms with Crippen LogP contribution in [-0.4, -0.2) is 10.9 Å². The van der Waals surface area contributed by atoms with Gasteiger partial charge in [0.15, 0.2) is 5.58 Å². The first-order valence-corrected chi connectivity index (χ1v) is 11.1. The topological polar surface area (TPSA) is 55.1 Å². The van der Waals surface area contributed by atoms with E-state index in [2.05, 4.69) is 10.3 Å². The zero-order valence-corrected chi connectivity index (χ0v) is 19.2. The summed E-state index contributed by atoms with van der Waals surface area (Å²) in [6.45, 7) is 0. The normalized spacial score (nSPS) is 11.5. The van der Waals surface area contributed by atoms with Crippen molar-refractivity contribution in [3.8, 4) is 11.5 Å². The minimum Gasteiger partial charge on any atom is -0.436 e. The maximum Gasteiger partial charge on any atom is 0.248 e. The van der Waals surface area contributed by atoms with E-state index in [4.69, 9.17) is 39.2 Å². The van der Waals surface area contributed by atoms with Crippen LogP contribution in [0.25, 0.3) is 39.4 Å². The second-order valence-electron chi connectivity index (χ2n) is 7.33. The van der Waals surface area contributed by atoms with Gasteiger partial charge in [0.1, 0.15) is 5.52 Å². The van der Waals surface area contributed by atoms with Crippen molar-refractivity contribution in [3.63, 3.8) is 0 Å². The van der Waals surface area contributed by atoms with Gasteiger partial charge in [0.2, 0.25) is 11.8 Å². The van der Waals surface area contributed by atoms with E-state index in [1.165, 1.54) is 6.08 Å². The Labute approximate surface area is 204 Å². The summed E-state index contributed by atoms with van der Waals surface area (Å²) in [5.41, 5.74) is 3.39. The van der Waals surface area contributed by atoms with Crippen LogP contribution in [0.15, 0.2) is 83.3 Å². The number of aromatic nitrogens is 1. The van der Waals surface area contributed by atoms with Gasteiger partial charge in [-0.05, 0) is 59.5 Å². The van der Waals surface area contributed by atoms with Gasteiger partial charge in [0, 0.05) is 37.8 Å². The lowest BCUT2D eigenvalue weighted by Gasteiger charge is -2.04. The number of carbonyl (C=O) groups excluding carboxylic acids is 1. The molecule has 0 fully saturated rings. The van der Waals surface area contributed by atoms with Crippen molar-refractivity contribution in [2.24, 2.45) is 0 Å². The number of oxazole rings is 1. The van der Waals surface area contributed by atoms with Gasteiger partial charge in [-0.25, -0.2) is 4.98 Å². The van der Waals surface area contributed by atoms with Crippen molar-refractivity contribution in [3.05, 3.63) is 99.5 Å². The van der Waals surface area contributed by atoms with Gasteiger partial charge in [0.25, 0.3) is 0 Å². The molecule has 0 aliphatic carbocycles. The van der Waals surface area contributed by atoms with Crippen LogP contribution in [0, 0.1) is 0 Å². The number of hydrogen-bond donors (Lipinski definition) is 1. The zero-order valence-electron chi connectivity index (χ0n) is 17.0. The number of halogens is 3. The fourth-order valence-corrected chi connectivity index (χ4v) is 4.27. The highest BCUT2D eigenvalue weighted by molar-refractivity contribution is 6.36. The third-order valence-electron chi connectivity index (χ3n) is 5.13. The van der Waals surface area contributed by atoms with E-state index < -0.39 is 0 Å². The molecular weight excluding hydrogens is 479 g/mol. The number of nitrogens with zero attached hydrogens (tertiary/aromatic N) is 1. The van der Waals surface area contributed by atoms with E-state index in [9.17, 15) is 4.79 Å². The molecule has 162 valence electrons. The standard InChI is InChI=1S/C26H15Cl3N2O2/c27-16-9-7-15(22(29)13-16)8-12-25(32)30-17-10-11-24-23(14-17)31-26(33-24)20-5-1-4-19-18(20)3-2-6-21(19)28/h1-14H,(H,30,32)/b12-8+. The summed E-state index contributed by atoms with van der Waals surface area (Å²) in [5.74, 6) is 0.186. The highest BCUT2D eigenvalue weighted by atomic mass is 35.5. The van der Waals surface area contributed by atoms with E-state index in [1.54, 1.807) is 42.5 Å². The maximum atomic E-state index is 12.4. The first kappa shape index (κ1) is 21.5. The van der Waals surface area contributed by atoms with Crippen molar-refractivity contribution in [2.45, 2.75) is 0 Å². The third-order valence-corrected chi connectivity index (χ3v) is 6.02. The van der Waals surface area contributed by atoms with E-state index in [0.717, 1.165) is 16.3 Å². The predicted octanol–water partition coefficient (Wildman–Crippen LogP) is 8.26. The lowest BCUT2D eigenvalue weighted by atomic mass is 10.0. The Morgan fingerprint density at radius 2 is 1.70 bits per heavy atom. The summed E-state index contributed by atoms with van der Waals surface area (Å²) in [6.07, 6.45) is 3.04. The van der Waals surface area contributed by atoms with Crippen LogP contribution in [0.1, 0.15) is 5.56 Å². The van der Waals surface area contributed by atoms with Crippen molar-refractivity contribution < 1.29 is 9.21 Å². The molecule has 0 atom stereocenters. The Morgan fingerprint density at radius 1 is 0.879 bits per heavy atom. The van der Waals surface area contributed by atoms with Crippen LogP contribution >= 0.6 is 34.8 Å². The molecule has 4 nitrogen and oxygen atoms in total. The second-order valence-corrected chi connectivity index (χ2v) is 8.58. The van der Waals surface area contributed by atoms with E-state index >= 15 is 0 Å². The molecule has 1 amide bonds. The summed E-state index contributed by atoms with van der Waals surface area (Å²) < 4.78 is 5.98. The fraction of sp³-hybridized carbons (Fsp3) is 0. The SMILES string of the molecule is O=C(/C=C/c1ccc(Cl)cc1Cl)Nc1ccc2oc(-c3cccc4c(Cl)cccc34)nc2c1. The molecule has 0 unspecified atom stereocenters. The Bertz CT molecular complexity index is 1560. The quantitative estimate of drug-likeness (QED) is 0.256. The molecule has 0 saturated carbocycles. The van der Waals surface area contributed by atoms with Crippen LogP contribution in [0.3, 0.4) is 0 Å². The lowest BCUT2D eigenvalue weighted by Crippen LogP contribution is -2.07. The highest BCUT2D eigenvalue weighted by Gasteiger charge is 2.13. The van der Waals surface area contributed by atoms with E-state index in [-0.39, 0.29) is 5.91 Å². The third kappa shape index (κ3) is 4.46. The number of benzene rings is 4. The Hall–Kier alpha value is -3.31. The number of hydrogen-bond acceptors (Lipinski definition) is 3. The Balaban J connectivity index is 1.40. The van der Waals surface area contributed by atoms with Gasteiger partial charge in [0.05, 0.1) is 0 Å². The zero-order chi connectivity index (χ0) is 22.9. The van der Waals surface area contributed by atoms with Crippen molar-refractivity contribution in [2.75, 3.05) is 5.32 Å². The monoisotopic (exact) mass is 492 g/mol. The minimum absolute atomic E-state index is 0.298. The van der Waals surface area contributed by atoms with Gasteiger partial charge >= 0.3 is 0 Å². The number of rotatable bonds is 4. The summed E-state index contributed by atoms with van der Waals surface area (Å²) in [5, 5.41) is 6.39. The number of fused-ring (bicyclic) bond motifs is 2. The van der Waals surface area contributed by atoms with Crippen molar-refractivity contribution in [1.29, 1.82) is 0 Å². The van der Waals surface area contributed by atoms with Crippen molar-refractivity contribution in [1.82, 2.24) is 4.98 Å². The first-order valence-electron chi connectivity index (χ1n) is 10.0. The maximum absolute atomic E-state index is 12.4. The molecule has 0 bridgehead atoms. The van der Waals surface area contributed by atoms with Gasteiger partial charge in [-0.1, -0.05) is 65.1 Å². The molecule has 0 aliphatic heterocycles. The molecule has 1 aromatic heterocycles. The first-order chi connectivity index (χ1) is 16.0. The number of amides is 1. The number of nitrogens with one attached hydrogen (secondary N) is 1. The van der Waals surface area contributed by atoms with Gasteiger partial charge in [-0.3, -0.25) is 4.79 Å². The average molecular weight is 494 g/mol. The average Bonchev–Trinajstić information content (AvgIpc) is 3.22. The molecule has 0 radical (unpaired) electrons. The van der Waals surface area contributed by atoms with E-state index in [1.807, 2.05) is 36.4 Å². The molecule has 33 heavy (non-hydrogen) atoms. The van der Waals surface area contributed by atoms with Crippen LogP contribution < -0.4 is 5.32 Å². The van der Waals surface area contributed by atoms with Crippen LogP contribution in [-0.2, 0) is 4.79 Å². The molecule has 1 heterocycles. The van der Waals surface area contributed by atoms with Crippen LogP contribution in [0.4, 0.5) is 5.69 Å². The molecule has 5 aromatic rings. The molecule has 0 spiro atoms.